The number of hydrogen-bond donors (Lipinski definition) is 1. The number of hydrogen-bond acceptors (Lipinski definition) is 2. The summed E-state index contributed by atoms with van der Waals surface area (Å²) in [5.74, 6) is -1.06. The second-order valence-corrected chi connectivity index (χ2v) is 5.37. The second-order valence-electron chi connectivity index (χ2n) is 5.37. The summed E-state index contributed by atoms with van der Waals surface area (Å²) in [6.45, 7) is 3.60. The highest BCUT2D eigenvalue weighted by Crippen LogP contribution is 2.21. The van der Waals surface area contributed by atoms with Crippen LogP contribution in [-0.2, 0) is 0 Å². The molecule has 0 aromatic heterocycles. The third-order valence-electron chi connectivity index (χ3n) is 3.87. The third kappa shape index (κ3) is 3.15. The molecule has 0 saturated carbocycles. The molecule has 0 unspecified atom stereocenters. The van der Waals surface area contributed by atoms with Crippen molar-refractivity contribution in [3.8, 4) is 0 Å². The molecular formula is C15H20F2N2O. The number of likely N-dealkylation sites (tertiary alicyclic amines) is 1. The van der Waals surface area contributed by atoms with Crippen LogP contribution in [0.4, 0.5) is 8.78 Å². The van der Waals surface area contributed by atoms with E-state index in [1.54, 1.807) is 4.90 Å². The minimum atomic E-state index is -0.647. The van der Waals surface area contributed by atoms with Gasteiger partial charge >= 0.3 is 0 Å². The van der Waals surface area contributed by atoms with E-state index in [2.05, 4.69) is 5.32 Å². The molecule has 5 heteroatoms. The number of nitrogens with one attached hydrogen (secondary N) is 1. The monoisotopic (exact) mass is 282 g/mol. The minimum absolute atomic E-state index is 0.167. The molecule has 1 saturated heterocycles. The first kappa shape index (κ1) is 14.9. The van der Waals surface area contributed by atoms with E-state index in [4.69, 9.17) is 0 Å². The van der Waals surface area contributed by atoms with Gasteiger partial charge in [0.15, 0.2) is 0 Å². The van der Waals surface area contributed by atoms with Gasteiger partial charge in [-0.2, -0.15) is 0 Å². The molecule has 1 fully saturated rings. The van der Waals surface area contributed by atoms with Crippen molar-refractivity contribution in [1.29, 1.82) is 0 Å². The molecule has 20 heavy (non-hydrogen) atoms. The van der Waals surface area contributed by atoms with Gasteiger partial charge in [0.2, 0.25) is 0 Å². The van der Waals surface area contributed by atoms with Gasteiger partial charge < -0.3 is 10.2 Å². The average Bonchev–Trinajstić information content (AvgIpc) is 2.43. The number of carbonyl (C=O) groups excluding carboxylic acids is 1. The molecule has 0 bridgehead atoms. The van der Waals surface area contributed by atoms with Crippen LogP contribution in [0.3, 0.4) is 0 Å². The minimum Gasteiger partial charge on any atom is -0.339 e. The maximum atomic E-state index is 13.8. The van der Waals surface area contributed by atoms with Crippen LogP contribution in [-0.4, -0.2) is 37.5 Å². The number of rotatable bonds is 3. The number of halogens is 2. The van der Waals surface area contributed by atoms with Crippen LogP contribution in [0.5, 0.6) is 0 Å². The van der Waals surface area contributed by atoms with Gasteiger partial charge in [-0.25, -0.2) is 8.78 Å². The number of nitrogens with zero attached hydrogens (tertiary/aromatic N) is 1. The van der Waals surface area contributed by atoms with Gasteiger partial charge in [0.1, 0.15) is 11.6 Å². The molecule has 1 aliphatic heterocycles. The van der Waals surface area contributed by atoms with Crippen LogP contribution in [0.25, 0.3) is 0 Å². The fourth-order valence-electron chi connectivity index (χ4n) is 2.61. The summed E-state index contributed by atoms with van der Waals surface area (Å²) >= 11 is 0. The largest absolute Gasteiger partial charge is 0.339 e. The molecule has 1 aromatic rings. The van der Waals surface area contributed by atoms with Crippen LogP contribution in [0, 0.1) is 24.5 Å². The Hall–Kier alpha value is -1.49. The molecule has 1 heterocycles. The zero-order valence-electron chi connectivity index (χ0n) is 11.9. The van der Waals surface area contributed by atoms with Crippen molar-refractivity contribution < 1.29 is 13.6 Å². The smallest absolute Gasteiger partial charge is 0.256 e. The summed E-state index contributed by atoms with van der Waals surface area (Å²) in [6, 6.07) is 2.09. The summed E-state index contributed by atoms with van der Waals surface area (Å²) < 4.78 is 27.3. The molecule has 1 amide bonds. The zero-order valence-corrected chi connectivity index (χ0v) is 11.9. The Morgan fingerprint density at radius 1 is 1.30 bits per heavy atom. The summed E-state index contributed by atoms with van der Waals surface area (Å²) in [5.41, 5.74) is 0.0481. The Morgan fingerprint density at radius 2 is 1.95 bits per heavy atom. The first-order valence-corrected chi connectivity index (χ1v) is 6.92. The molecule has 1 aromatic carbocycles. The molecule has 1 N–H and O–H groups in total. The maximum absolute atomic E-state index is 13.8. The van der Waals surface area contributed by atoms with Gasteiger partial charge in [0.25, 0.3) is 5.91 Å². The van der Waals surface area contributed by atoms with Crippen molar-refractivity contribution in [3.05, 3.63) is 34.9 Å². The molecule has 0 radical (unpaired) electrons. The van der Waals surface area contributed by atoms with Gasteiger partial charge in [-0.15, -0.1) is 0 Å². The number of amides is 1. The Labute approximate surface area is 118 Å². The normalized spacial score (nSPS) is 16.5. The van der Waals surface area contributed by atoms with E-state index < -0.39 is 17.5 Å². The van der Waals surface area contributed by atoms with Gasteiger partial charge in [-0.3, -0.25) is 4.79 Å². The number of benzene rings is 1. The molecular weight excluding hydrogens is 262 g/mol. The highest BCUT2D eigenvalue weighted by Gasteiger charge is 2.25. The highest BCUT2D eigenvalue weighted by atomic mass is 19.1. The van der Waals surface area contributed by atoms with E-state index in [0.29, 0.717) is 19.0 Å². The van der Waals surface area contributed by atoms with E-state index in [1.165, 1.54) is 6.92 Å². The Balaban J connectivity index is 2.07. The summed E-state index contributed by atoms with van der Waals surface area (Å²) in [4.78, 5) is 13.9. The van der Waals surface area contributed by atoms with Gasteiger partial charge in [0, 0.05) is 13.1 Å². The molecule has 0 spiro atoms. The molecule has 110 valence electrons. The van der Waals surface area contributed by atoms with Crippen molar-refractivity contribution >= 4 is 5.91 Å². The van der Waals surface area contributed by atoms with Crippen LogP contribution in [0.1, 0.15) is 28.8 Å². The lowest BCUT2D eigenvalue weighted by Crippen LogP contribution is -2.40. The van der Waals surface area contributed by atoms with Gasteiger partial charge in [0.05, 0.1) is 5.56 Å². The molecule has 0 aliphatic carbocycles. The summed E-state index contributed by atoms with van der Waals surface area (Å²) in [7, 11) is 1.90. The number of carbonyl (C=O) groups is 1. The SMILES string of the molecule is CNCC1CCN(C(=O)c2cc(F)c(C)cc2F)CC1. The summed E-state index contributed by atoms with van der Waals surface area (Å²) in [5, 5.41) is 3.12. The first-order chi connectivity index (χ1) is 9.52. The van der Waals surface area contributed by atoms with E-state index in [-0.39, 0.29) is 11.1 Å². The molecule has 1 aliphatic rings. The fraction of sp³-hybridized carbons (Fsp3) is 0.533. The molecule has 2 rings (SSSR count). The predicted molar refractivity (Wildman–Crippen MR) is 73.6 cm³/mol. The van der Waals surface area contributed by atoms with Crippen LogP contribution in [0.15, 0.2) is 12.1 Å². The van der Waals surface area contributed by atoms with Crippen LogP contribution >= 0.6 is 0 Å². The fourth-order valence-corrected chi connectivity index (χ4v) is 2.61. The van der Waals surface area contributed by atoms with E-state index in [9.17, 15) is 13.6 Å². The van der Waals surface area contributed by atoms with Crippen molar-refractivity contribution in [2.75, 3.05) is 26.7 Å². The van der Waals surface area contributed by atoms with Crippen LogP contribution < -0.4 is 5.32 Å². The summed E-state index contributed by atoms with van der Waals surface area (Å²) in [6.07, 6.45) is 1.78. The first-order valence-electron chi connectivity index (χ1n) is 6.92. The number of piperidine rings is 1. The van der Waals surface area contributed by atoms with Gasteiger partial charge in [-0.05, 0) is 57.0 Å². The van der Waals surface area contributed by atoms with Crippen molar-refractivity contribution in [1.82, 2.24) is 10.2 Å². The predicted octanol–water partition coefficient (Wildman–Crippen LogP) is 2.34. The molecule has 3 nitrogen and oxygen atoms in total. The zero-order chi connectivity index (χ0) is 14.7. The molecule has 0 atom stereocenters. The van der Waals surface area contributed by atoms with E-state index >= 15 is 0 Å². The lowest BCUT2D eigenvalue weighted by atomic mass is 9.96. The quantitative estimate of drug-likeness (QED) is 0.923. The lowest BCUT2D eigenvalue weighted by Gasteiger charge is -2.32. The topological polar surface area (TPSA) is 32.3 Å². The Kier molecular flexibility index (Phi) is 4.70. The van der Waals surface area contributed by atoms with Crippen molar-refractivity contribution in [3.63, 3.8) is 0 Å². The van der Waals surface area contributed by atoms with Gasteiger partial charge in [-0.1, -0.05) is 0 Å². The van der Waals surface area contributed by atoms with Crippen molar-refractivity contribution in [2.45, 2.75) is 19.8 Å². The Morgan fingerprint density at radius 3 is 2.55 bits per heavy atom. The Bertz CT molecular complexity index is 497. The third-order valence-corrected chi connectivity index (χ3v) is 3.87. The highest BCUT2D eigenvalue weighted by molar-refractivity contribution is 5.94. The average molecular weight is 282 g/mol. The lowest BCUT2D eigenvalue weighted by molar-refractivity contribution is 0.0685. The maximum Gasteiger partial charge on any atom is 0.256 e. The number of aryl methyl sites for hydroxylation is 1. The second kappa shape index (κ2) is 6.31. The van der Waals surface area contributed by atoms with E-state index in [0.717, 1.165) is 31.5 Å². The van der Waals surface area contributed by atoms with E-state index in [1.807, 2.05) is 7.05 Å². The standard InChI is InChI=1S/C15H20F2N2O/c1-10-7-14(17)12(8-13(10)16)15(20)19-5-3-11(4-6-19)9-18-2/h7-8,11,18H,3-6,9H2,1-2H3. The van der Waals surface area contributed by atoms with Crippen LogP contribution in [0.2, 0.25) is 0 Å². The van der Waals surface area contributed by atoms with Crippen molar-refractivity contribution in [2.24, 2.45) is 5.92 Å².